The number of hydrogen-bond donors (Lipinski definition) is 1. The number of nitriles is 1. The van der Waals surface area contributed by atoms with Crippen LogP contribution in [0.4, 0.5) is 8.78 Å². The number of nitrogens with one attached hydrogen (secondary N) is 1. The van der Waals surface area contributed by atoms with Crippen LogP contribution in [-0.4, -0.2) is 13.0 Å². The average molecular weight is 262 g/mol. The number of fused-ring (bicyclic) bond motifs is 1. The molecule has 1 aromatic carbocycles. The van der Waals surface area contributed by atoms with E-state index in [0.29, 0.717) is 30.2 Å². The Morgan fingerprint density at radius 1 is 1.21 bits per heavy atom. The lowest BCUT2D eigenvalue weighted by Crippen LogP contribution is -2.20. The van der Waals surface area contributed by atoms with Gasteiger partial charge in [0.2, 0.25) is 6.43 Å². The molecule has 3 rings (SSSR count). The molecule has 1 saturated heterocycles. The minimum Gasteiger partial charge on any atom is -0.309 e. The van der Waals surface area contributed by atoms with Crippen LogP contribution in [0.3, 0.4) is 0 Å². The molecule has 1 aliphatic carbocycles. The van der Waals surface area contributed by atoms with E-state index in [1.165, 1.54) is 0 Å². The number of nitrogens with zero attached hydrogens (tertiary/aromatic N) is 1. The van der Waals surface area contributed by atoms with Crippen LogP contribution in [0.2, 0.25) is 0 Å². The van der Waals surface area contributed by atoms with E-state index in [-0.39, 0.29) is 6.04 Å². The van der Waals surface area contributed by atoms with Crippen molar-refractivity contribution in [3.8, 4) is 6.07 Å². The lowest BCUT2D eigenvalue weighted by Gasteiger charge is -2.19. The summed E-state index contributed by atoms with van der Waals surface area (Å²) in [7, 11) is 0. The molecule has 4 atom stereocenters. The third-order valence-electron chi connectivity index (χ3n) is 4.57. The summed E-state index contributed by atoms with van der Waals surface area (Å²) in [5.41, 5.74) is 1.75. The van der Waals surface area contributed by atoms with Gasteiger partial charge >= 0.3 is 0 Å². The molecule has 1 aromatic rings. The van der Waals surface area contributed by atoms with Crippen LogP contribution in [0, 0.1) is 29.1 Å². The summed E-state index contributed by atoms with van der Waals surface area (Å²) < 4.78 is 25.6. The fraction of sp³-hybridized carbons (Fsp3) is 0.533. The molecule has 2 aliphatic rings. The molecule has 19 heavy (non-hydrogen) atoms. The minimum atomic E-state index is -2.19. The van der Waals surface area contributed by atoms with Crippen molar-refractivity contribution in [3.63, 3.8) is 0 Å². The number of halogens is 2. The molecule has 1 heterocycles. The summed E-state index contributed by atoms with van der Waals surface area (Å²) in [5.74, 6) is 0.254. The molecule has 4 unspecified atom stereocenters. The Labute approximate surface area is 111 Å². The van der Waals surface area contributed by atoms with Crippen LogP contribution in [0.15, 0.2) is 24.3 Å². The zero-order valence-corrected chi connectivity index (χ0v) is 10.5. The Morgan fingerprint density at radius 2 is 1.95 bits per heavy atom. The van der Waals surface area contributed by atoms with Crippen molar-refractivity contribution in [1.29, 1.82) is 5.26 Å². The van der Waals surface area contributed by atoms with E-state index in [1.54, 1.807) is 12.1 Å². The van der Waals surface area contributed by atoms with Crippen molar-refractivity contribution in [2.75, 3.05) is 6.54 Å². The van der Waals surface area contributed by atoms with E-state index in [1.807, 2.05) is 12.1 Å². The van der Waals surface area contributed by atoms with E-state index in [9.17, 15) is 8.78 Å². The molecule has 100 valence electrons. The summed E-state index contributed by atoms with van der Waals surface area (Å²) in [5, 5.41) is 12.2. The second-order valence-corrected chi connectivity index (χ2v) is 5.61. The predicted octanol–water partition coefficient (Wildman–Crippen LogP) is 3.11. The van der Waals surface area contributed by atoms with Gasteiger partial charge in [0, 0.05) is 12.0 Å². The smallest absolute Gasteiger partial charge is 0.241 e. The molecule has 2 fully saturated rings. The lowest BCUT2D eigenvalue weighted by atomic mass is 9.89. The van der Waals surface area contributed by atoms with Crippen LogP contribution in [-0.2, 0) is 0 Å². The molecule has 1 aliphatic heterocycles. The molecule has 4 heteroatoms. The topological polar surface area (TPSA) is 35.8 Å². The highest BCUT2D eigenvalue weighted by molar-refractivity contribution is 5.33. The van der Waals surface area contributed by atoms with Crippen molar-refractivity contribution in [1.82, 2.24) is 5.32 Å². The van der Waals surface area contributed by atoms with Gasteiger partial charge in [0.25, 0.3) is 0 Å². The van der Waals surface area contributed by atoms with Crippen molar-refractivity contribution < 1.29 is 8.78 Å². The maximum Gasteiger partial charge on any atom is 0.241 e. The van der Waals surface area contributed by atoms with Gasteiger partial charge in [-0.05, 0) is 48.9 Å². The number of rotatable bonds is 2. The zero-order chi connectivity index (χ0) is 13.4. The van der Waals surface area contributed by atoms with Crippen LogP contribution in [0.1, 0.15) is 30.0 Å². The number of hydrogen-bond acceptors (Lipinski definition) is 2. The van der Waals surface area contributed by atoms with Crippen LogP contribution in [0.25, 0.3) is 0 Å². The van der Waals surface area contributed by atoms with Crippen molar-refractivity contribution in [2.45, 2.75) is 25.3 Å². The Balaban J connectivity index is 1.77. The highest BCUT2D eigenvalue weighted by Crippen LogP contribution is 2.48. The first-order valence-electron chi connectivity index (χ1n) is 6.70. The first kappa shape index (κ1) is 12.6. The SMILES string of the molecule is N#Cc1ccc(C2NCC3CC(C(F)F)CC32)cc1. The van der Waals surface area contributed by atoms with Gasteiger partial charge in [-0.25, -0.2) is 8.78 Å². The Kier molecular flexibility index (Phi) is 3.24. The zero-order valence-electron chi connectivity index (χ0n) is 10.5. The number of alkyl halides is 2. The second-order valence-electron chi connectivity index (χ2n) is 5.61. The van der Waals surface area contributed by atoms with E-state index in [4.69, 9.17) is 5.26 Å². The molecular weight excluding hydrogens is 246 g/mol. The third kappa shape index (κ3) is 2.23. The highest BCUT2D eigenvalue weighted by Gasteiger charge is 2.46. The van der Waals surface area contributed by atoms with E-state index < -0.39 is 12.3 Å². The largest absolute Gasteiger partial charge is 0.309 e. The first-order valence-corrected chi connectivity index (χ1v) is 6.70. The number of benzene rings is 1. The van der Waals surface area contributed by atoms with Crippen molar-refractivity contribution >= 4 is 0 Å². The third-order valence-corrected chi connectivity index (χ3v) is 4.57. The lowest BCUT2D eigenvalue weighted by molar-refractivity contribution is 0.0753. The van der Waals surface area contributed by atoms with Gasteiger partial charge in [-0.3, -0.25) is 0 Å². The van der Waals surface area contributed by atoms with Crippen LogP contribution in [0.5, 0.6) is 0 Å². The quantitative estimate of drug-likeness (QED) is 0.889. The second kappa shape index (κ2) is 4.90. The summed E-state index contributed by atoms with van der Waals surface area (Å²) in [6.07, 6.45) is -0.936. The van der Waals surface area contributed by atoms with Gasteiger partial charge in [0.05, 0.1) is 11.6 Å². The fourth-order valence-electron chi connectivity index (χ4n) is 3.61. The van der Waals surface area contributed by atoms with E-state index in [2.05, 4.69) is 11.4 Å². The monoisotopic (exact) mass is 262 g/mol. The summed E-state index contributed by atoms with van der Waals surface area (Å²) >= 11 is 0. The Hall–Kier alpha value is -1.47. The van der Waals surface area contributed by atoms with Gasteiger partial charge in [-0.2, -0.15) is 5.26 Å². The Bertz CT molecular complexity index is 492. The highest BCUT2D eigenvalue weighted by atomic mass is 19.3. The molecule has 0 radical (unpaired) electrons. The minimum absolute atomic E-state index is 0.168. The molecule has 1 saturated carbocycles. The summed E-state index contributed by atoms with van der Waals surface area (Å²) in [4.78, 5) is 0. The normalized spacial score (nSPS) is 33.4. The maximum atomic E-state index is 12.8. The molecule has 0 spiro atoms. The molecule has 0 aromatic heterocycles. The van der Waals surface area contributed by atoms with Gasteiger partial charge in [0.15, 0.2) is 0 Å². The molecule has 0 amide bonds. The predicted molar refractivity (Wildman–Crippen MR) is 67.6 cm³/mol. The van der Waals surface area contributed by atoms with Crippen LogP contribution < -0.4 is 5.32 Å². The molecule has 1 N–H and O–H groups in total. The van der Waals surface area contributed by atoms with Crippen molar-refractivity contribution in [2.24, 2.45) is 17.8 Å². The standard InChI is InChI=1S/C15H16F2N2/c16-15(17)11-5-12-8-19-14(13(12)6-11)10-3-1-9(7-18)2-4-10/h1-4,11-15,19H,5-6,8H2. The summed E-state index contributed by atoms with van der Waals surface area (Å²) in [6, 6.07) is 9.73. The Morgan fingerprint density at radius 3 is 2.58 bits per heavy atom. The fourth-order valence-corrected chi connectivity index (χ4v) is 3.61. The average Bonchev–Trinajstić information content (AvgIpc) is 2.98. The first-order chi connectivity index (χ1) is 9.19. The summed E-state index contributed by atoms with van der Waals surface area (Å²) in [6.45, 7) is 0.832. The molecule has 2 nitrogen and oxygen atoms in total. The maximum absolute atomic E-state index is 12.8. The molecular formula is C15H16F2N2. The van der Waals surface area contributed by atoms with E-state index in [0.717, 1.165) is 12.1 Å². The van der Waals surface area contributed by atoms with Gasteiger partial charge in [-0.15, -0.1) is 0 Å². The van der Waals surface area contributed by atoms with Crippen LogP contribution >= 0.6 is 0 Å². The van der Waals surface area contributed by atoms with E-state index >= 15 is 0 Å². The van der Waals surface area contributed by atoms with Gasteiger partial charge in [0.1, 0.15) is 0 Å². The van der Waals surface area contributed by atoms with Gasteiger partial charge < -0.3 is 5.32 Å². The molecule has 0 bridgehead atoms. The van der Waals surface area contributed by atoms with Crippen molar-refractivity contribution in [3.05, 3.63) is 35.4 Å². The van der Waals surface area contributed by atoms with Gasteiger partial charge in [-0.1, -0.05) is 12.1 Å².